The molecule has 21 heavy (non-hydrogen) atoms. The van der Waals surface area contributed by atoms with E-state index >= 15 is 0 Å². The van der Waals surface area contributed by atoms with Crippen molar-refractivity contribution in [3.8, 4) is 0 Å². The van der Waals surface area contributed by atoms with Crippen LogP contribution in [0.15, 0.2) is 15.9 Å². The number of hydrogen-bond acceptors (Lipinski definition) is 5. The quantitative estimate of drug-likeness (QED) is 0.865. The lowest BCUT2D eigenvalue weighted by atomic mass is 10.1. The number of carboxylic acid groups (broad SMARTS) is 1. The summed E-state index contributed by atoms with van der Waals surface area (Å²) >= 11 is 4.59. The normalized spacial score (nSPS) is 17.6. The molecule has 9 heteroatoms. The molecule has 1 aliphatic heterocycles. The molecule has 0 saturated heterocycles. The fourth-order valence-electron chi connectivity index (χ4n) is 2.31. The van der Waals surface area contributed by atoms with Crippen LogP contribution in [0.2, 0.25) is 0 Å². The van der Waals surface area contributed by atoms with Crippen molar-refractivity contribution < 1.29 is 14.7 Å². The lowest BCUT2D eigenvalue weighted by molar-refractivity contribution is -0.143. The van der Waals surface area contributed by atoms with Crippen LogP contribution in [0.3, 0.4) is 0 Å². The van der Waals surface area contributed by atoms with E-state index in [1.807, 2.05) is 0 Å². The number of aryl methyl sites for hydroxylation is 1. The number of amides is 1. The second kappa shape index (κ2) is 5.23. The number of carbonyl (C=O) groups excluding carboxylic acids is 1. The highest BCUT2D eigenvalue weighted by molar-refractivity contribution is 9.10. The van der Waals surface area contributed by atoms with Crippen molar-refractivity contribution >= 4 is 39.1 Å². The van der Waals surface area contributed by atoms with Gasteiger partial charge in [0, 0.05) is 4.47 Å². The van der Waals surface area contributed by atoms with Gasteiger partial charge in [-0.15, -0.1) is 21.5 Å². The fraction of sp³-hybridized carbons (Fsp3) is 0.333. The van der Waals surface area contributed by atoms with Gasteiger partial charge in [0.1, 0.15) is 16.7 Å². The minimum Gasteiger partial charge on any atom is -0.480 e. The van der Waals surface area contributed by atoms with E-state index in [0.29, 0.717) is 21.0 Å². The van der Waals surface area contributed by atoms with Crippen LogP contribution in [-0.4, -0.2) is 42.7 Å². The Bertz CT molecular complexity index is 726. The van der Waals surface area contributed by atoms with E-state index in [4.69, 9.17) is 0 Å². The second-order valence-electron chi connectivity index (χ2n) is 4.66. The van der Waals surface area contributed by atoms with Gasteiger partial charge in [-0.05, 0) is 34.3 Å². The van der Waals surface area contributed by atoms with Gasteiger partial charge in [-0.3, -0.25) is 4.79 Å². The summed E-state index contributed by atoms with van der Waals surface area (Å²) in [6.07, 6.45) is 0. The van der Waals surface area contributed by atoms with Crippen molar-refractivity contribution in [2.75, 3.05) is 0 Å². The molecule has 3 heterocycles. The number of nitrogens with zero attached hydrogens (tertiary/aromatic N) is 4. The molecule has 0 radical (unpaired) electrons. The van der Waals surface area contributed by atoms with E-state index in [9.17, 15) is 14.7 Å². The van der Waals surface area contributed by atoms with Crippen molar-refractivity contribution in [2.45, 2.75) is 26.1 Å². The SMILES string of the molecule is Cc1nnc2n1CC(C(=O)O)N(C(=O)c1sccc1Br)C2. The van der Waals surface area contributed by atoms with Gasteiger partial charge >= 0.3 is 5.97 Å². The Morgan fingerprint density at radius 1 is 1.48 bits per heavy atom. The molecule has 0 spiro atoms. The molecule has 2 aromatic heterocycles. The molecule has 1 unspecified atom stereocenters. The molecule has 0 aliphatic carbocycles. The van der Waals surface area contributed by atoms with Gasteiger partial charge < -0.3 is 14.6 Å². The average molecular weight is 371 g/mol. The van der Waals surface area contributed by atoms with Gasteiger partial charge in [-0.2, -0.15) is 0 Å². The number of aromatic nitrogens is 3. The number of aliphatic carboxylic acids is 1. The zero-order chi connectivity index (χ0) is 15.1. The van der Waals surface area contributed by atoms with Crippen LogP contribution in [0, 0.1) is 6.92 Å². The number of rotatable bonds is 2. The predicted octanol–water partition coefficient (Wildman–Crippen LogP) is 1.52. The molecule has 0 saturated carbocycles. The summed E-state index contributed by atoms with van der Waals surface area (Å²) in [4.78, 5) is 25.9. The maximum atomic E-state index is 12.6. The van der Waals surface area contributed by atoms with Crippen molar-refractivity contribution in [1.29, 1.82) is 0 Å². The second-order valence-corrected chi connectivity index (χ2v) is 6.43. The number of fused-ring (bicyclic) bond motifs is 1. The zero-order valence-electron chi connectivity index (χ0n) is 11.0. The van der Waals surface area contributed by atoms with Crippen molar-refractivity contribution in [3.63, 3.8) is 0 Å². The minimum absolute atomic E-state index is 0.140. The summed E-state index contributed by atoms with van der Waals surface area (Å²) in [5.41, 5.74) is 0. The van der Waals surface area contributed by atoms with E-state index in [0.717, 1.165) is 0 Å². The van der Waals surface area contributed by atoms with Crippen LogP contribution < -0.4 is 0 Å². The number of thiophene rings is 1. The summed E-state index contributed by atoms with van der Waals surface area (Å²) in [6.45, 7) is 2.07. The van der Waals surface area contributed by atoms with Crippen molar-refractivity contribution in [2.24, 2.45) is 0 Å². The summed E-state index contributed by atoms with van der Waals surface area (Å²) in [6, 6.07) is 0.846. The van der Waals surface area contributed by atoms with Gasteiger partial charge in [-0.1, -0.05) is 0 Å². The summed E-state index contributed by atoms with van der Waals surface area (Å²) < 4.78 is 2.41. The predicted molar refractivity (Wildman–Crippen MR) is 78.1 cm³/mol. The summed E-state index contributed by atoms with van der Waals surface area (Å²) in [5, 5.41) is 19.1. The molecule has 0 aromatic carbocycles. The molecule has 1 atom stereocenters. The van der Waals surface area contributed by atoms with E-state index in [-0.39, 0.29) is 19.0 Å². The average Bonchev–Trinajstić information content (AvgIpc) is 3.03. The van der Waals surface area contributed by atoms with Gasteiger partial charge in [0.25, 0.3) is 5.91 Å². The molecule has 110 valence electrons. The van der Waals surface area contributed by atoms with E-state index in [2.05, 4.69) is 26.1 Å². The van der Waals surface area contributed by atoms with Crippen LogP contribution in [0.4, 0.5) is 0 Å². The Balaban J connectivity index is 1.98. The Morgan fingerprint density at radius 3 is 2.86 bits per heavy atom. The monoisotopic (exact) mass is 370 g/mol. The van der Waals surface area contributed by atoms with Gasteiger partial charge in [-0.25, -0.2) is 4.79 Å². The molecule has 0 bridgehead atoms. The van der Waals surface area contributed by atoms with Crippen molar-refractivity contribution in [1.82, 2.24) is 19.7 Å². The lowest BCUT2D eigenvalue weighted by Crippen LogP contribution is -2.50. The maximum absolute atomic E-state index is 12.6. The molecular formula is C12H11BrN4O3S. The molecule has 1 aliphatic rings. The van der Waals surface area contributed by atoms with Crippen molar-refractivity contribution in [3.05, 3.63) is 32.4 Å². The van der Waals surface area contributed by atoms with Crippen LogP contribution >= 0.6 is 27.3 Å². The highest BCUT2D eigenvalue weighted by Crippen LogP contribution is 2.27. The Labute approximate surface area is 132 Å². The summed E-state index contributed by atoms with van der Waals surface area (Å²) in [5.74, 6) is -0.0855. The van der Waals surface area contributed by atoms with E-state index in [1.165, 1.54) is 16.2 Å². The molecule has 0 fully saturated rings. The third kappa shape index (κ3) is 2.36. The standard InChI is InChI=1S/C12H11BrN4O3S/c1-6-14-15-9-5-17(8(12(19)20)4-16(6)9)11(18)10-7(13)2-3-21-10/h2-3,8H,4-5H2,1H3,(H,19,20). The van der Waals surface area contributed by atoms with Crippen LogP contribution in [0.1, 0.15) is 21.3 Å². The first-order valence-corrected chi connectivity index (χ1v) is 7.81. The third-order valence-corrected chi connectivity index (χ3v) is 5.24. The lowest BCUT2D eigenvalue weighted by Gasteiger charge is -2.33. The Morgan fingerprint density at radius 2 is 2.24 bits per heavy atom. The Kier molecular flexibility index (Phi) is 3.54. The number of hydrogen-bond donors (Lipinski definition) is 1. The van der Waals surface area contributed by atoms with Crippen LogP contribution in [0.25, 0.3) is 0 Å². The summed E-state index contributed by atoms with van der Waals surface area (Å²) in [7, 11) is 0. The molecule has 1 amide bonds. The largest absolute Gasteiger partial charge is 0.480 e. The van der Waals surface area contributed by atoms with Crippen LogP contribution in [0.5, 0.6) is 0 Å². The number of carbonyl (C=O) groups is 2. The van der Waals surface area contributed by atoms with Gasteiger partial charge in [0.2, 0.25) is 0 Å². The first-order valence-electron chi connectivity index (χ1n) is 6.14. The molecular weight excluding hydrogens is 360 g/mol. The first kappa shape index (κ1) is 14.2. The van der Waals surface area contributed by atoms with Gasteiger partial charge in [0.15, 0.2) is 5.82 Å². The highest BCUT2D eigenvalue weighted by atomic mass is 79.9. The molecule has 1 N–H and O–H groups in total. The first-order chi connectivity index (χ1) is 9.99. The van der Waals surface area contributed by atoms with E-state index < -0.39 is 12.0 Å². The zero-order valence-corrected chi connectivity index (χ0v) is 13.4. The smallest absolute Gasteiger partial charge is 0.328 e. The number of carboxylic acids is 1. The molecule has 3 rings (SSSR count). The topological polar surface area (TPSA) is 88.3 Å². The highest BCUT2D eigenvalue weighted by Gasteiger charge is 2.37. The minimum atomic E-state index is -1.03. The molecule has 7 nitrogen and oxygen atoms in total. The Hall–Kier alpha value is -1.74. The third-order valence-electron chi connectivity index (χ3n) is 3.41. The maximum Gasteiger partial charge on any atom is 0.328 e. The fourth-order valence-corrected chi connectivity index (χ4v) is 3.81. The number of halogens is 1. The van der Waals surface area contributed by atoms with Crippen LogP contribution in [-0.2, 0) is 17.9 Å². The molecule has 2 aromatic rings. The van der Waals surface area contributed by atoms with Gasteiger partial charge in [0.05, 0.1) is 13.1 Å². The van der Waals surface area contributed by atoms with E-state index in [1.54, 1.807) is 22.9 Å².